The first kappa shape index (κ1) is 27.5. The number of pyridine rings is 1. The maximum Gasteiger partial charge on any atom is 0.419 e. The van der Waals surface area contributed by atoms with Crippen LogP contribution in [0.15, 0.2) is 30.5 Å². The highest BCUT2D eigenvalue weighted by molar-refractivity contribution is 7.91. The van der Waals surface area contributed by atoms with Crippen LogP contribution in [-0.4, -0.2) is 46.7 Å². The van der Waals surface area contributed by atoms with E-state index in [2.05, 4.69) is 4.98 Å². The summed E-state index contributed by atoms with van der Waals surface area (Å²) in [5.41, 5.74) is -1.44. The Hall–Kier alpha value is -3.09. The molecule has 0 fully saturated rings. The highest BCUT2D eigenvalue weighted by Gasteiger charge is 2.35. The van der Waals surface area contributed by atoms with Gasteiger partial charge in [0.15, 0.2) is 21.3 Å². The van der Waals surface area contributed by atoms with Crippen molar-refractivity contribution in [2.24, 2.45) is 0 Å². The van der Waals surface area contributed by atoms with Crippen LogP contribution in [0.5, 0.6) is 0 Å². The number of hydrogen-bond donors (Lipinski definition) is 0. The predicted molar refractivity (Wildman–Crippen MR) is 119 cm³/mol. The van der Waals surface area contributed by atoms with Gasteiger partial charge in [0.25, 0.3) is 0 Å². The molecule has 2 aromatic heterocycles. The second-order valence-corrected chi connectivity index (χ2v) is 10.7. The number of benzene rings is 1. The van der Waals surface area contributed by atoms with E-state index in [0.717, 1.165) is 21.6 Å². The molecule has 2 heterocycles. The zero-order valence-corrected chi connectivity index (χ0v) is 20.4. The van der Waals surface area contributed by atoms with Gasteiger partial charge in [-0.25, -0.2) is 26.6 Å². The molecule has 1 aromatic carbocycles. The van der Waals surface area contributed by atoms with E-state index < -0.39 is 63.2 Å². The van der Waals surface area contributed by atoms with Crippen LogP contribution in [0.4, 0.5) is 26.3 Å². The van der Waals surface area contributed by atoms with Gasteiger partial charge in [-0.3, -0.25) is 9.20 Å². The number of aryl methyl sites for hydroxylation is 1. The second kappa shape index (κ2) is 10.1. The highest BCUT2D eigenvalue weighted by Crippen LogP contribution is 2.32. The lowest BCUT2D eigenvalue weighted by molar-refractivity contribution is -0.140. The number of nitrogens with zero attached hydrogens (tertiary/aromatic N) is 3. The molecule has 13 heteroatoms. The van der Waals surface area contributed by atoms with Crippen LogP contribution >= 0.6 is 0 Å². The van der Waals surface area contributed by atoms with Crippen molar-refractivity contribution in [3.05, 3.63) is 70.4 Å². The molecule has 0 saturated carbocycles. The maximum atomic E-state index is 14.3. The first-order valence-electron chi connectivity index (χ1n) is 10.8. The monoisotopic (exact) mass is 535 g/mol. The van der Waals surface area contributed by atoms with Crippen molar-refractivity contribution in [3.63, 3.8) is 0 Å². The summed E-state index contributed by atoms with van der Waals surface area (Å²) in [6.45, 7) is 4.09. The van der Waals surface area contributed by atoms with Crippen molar-refractivity contribution in [3.8, 4) is 0 Å². The number of carbonyl (C=O) groups excluding carboxylic acids is 1. The number of aromatic nitrogens is 2. The van der Waals surface area contributed by atoms with Gasteiger partial charge in [0.2, 0.25) is 5.91 Å². The van der Waals surface area contributed by atoms with Crippen LogP contribution in [-0.2, 0) is 27.2 Å². The van der Waals surface area contributed by atoms with E-state index in [9.17, 15) is 39.6 Å². The van der Waals surface area contributed by atoms with Crippen LogP contribution < -0.4 is 0 Å². The number of carbonyl (C=O) groups is 1. The molecule has 196 valence electrons. The highest BCUT2D eigenvalue weighted by atomic mass is 32.2. The van der Waals surface area contributed by atoms with Crippen molar-refractivity contribution in [1.29, 1.82) is 0 Å². The predicted octanol–water partition coefficient (Wildman–Crippen LogP) is 4.65. The maximum absolute atomic E-state index is 14.3. The van der Waals surface area contributed by atoms with E-state index in [1.54, 1.807) is 0 Å². The minimum atomic E-state index is -4.97. The van der Waals surface area contributed by atoms with Crippen LogP contribution in [0.2, 0.25) is 0 Å². The number of rotatable bonds is 8. The van der Waals surface area contributed by atoms with Crippen molar-refractivity contribution in [2.75, 3.05) is 18.1 Å². The molecular weight excluding hydrogens is 512 g/mol. The van der Waals surface area contributed by atoms with E-state index in [0.29, 0.717) is 18.2 Å². The standard InChI is InChI=1S/C23H23F6N3O3S/c1-4-36(34,35)8-7-31(20(33)10-15-5-6-18(25)17(9-15)23(27,28)29)13(2)21-14(3)32-12-16(24)11-19(26)22(32)30-21/h5-6,9,11-13H,4,7-8,10H2,1-3H3/t13-/m1/s1. The van der Waals surface area contributed by atoms with E-state index in [-0.39, 0.29) is 34.9 Å². The normalized spacial score (nSPS) is 13.2. The van der Waals surface area contributed by atoms with Gasteiger partial charge in [0.05, 0.1) is 29.5 Å². The van der Waals surface area contributed by atoms with Crippen molar-refractivity contribution < 1.29 is 39.6 Å². The summed E-state index contributed by atoms with van der Waals surface area (Å²) < 4.78 is 106. The van der Waals surface area contributed by atoms with Gasteiger partial charge in [0, 0.05) is 30.3 Å². The lowest BCUT2D eigenvalue weighted by atomic mass is 10.1. The van der Waals surface area contributed by atoms with Gasteiger partial charge in [-0.05, 0) is 31.5 Å². The van der Waals surface area contributed by atoms with Crippen molar-refractivity contribution >= 4 is 21.4 Å². The fraction of sp³-hybridized carbons (Fsp3) is 0.391. The number of alkyl halides is 3. The zero-order chi connectivity index (χ0) is 27.0. The summed E-state index contributed by atoms with van der Waals surface area (Å²) in [6.07, 6.45) is -4.56. The third-order valence-corrected chi connectivity index (χ3v) is 7.56. The minimum absolute atomic E-state index is 0.135. The Morgan fingerprint density at radius 2 is 1.81 bits per heavy atom. The molecule has 0 aliphatic carbocycles. The molecule has 0 radical (unpaired) electrons. The molecule has 0 saturated heterocycles. The summed E-state index contributed by atoms with van der Waals surface area (Å²) in [6, 6.07) is 1.84. The van der Waals surface area contributed by atoms with Gasteiger partial charge in [0.1, 0.15) is 11.6 Å². The Balaban J connectivity index is 2.00. The van der Waals surface area contributed by atoms with Gasteiger partial charge in [-0.1, -0.05) is 13.0 Å². The Morgan fingerprint density at radius 3 is 2.42 bits per heavy atom. The number of fused-ring (bicyclic) bond motifs is 1. The molecule has 0 aliphatic rings. The summed E-state index contributed by atoms with van der Waals surface area (Å²) in [4.78, 5) is 18.5. The summed E-state index contributed by atoms with van der Waals surface area (Å²) >= 11 is 0. The third kappa shape index (κ3) is 5.82. The molecule has 0 N–H and O–H groups in total. The van der Waals surface area contributed by atoms with Gasteiger partial charge < -0.3 is 4.90 Å². The first-order valence-corrected chi connectivity index (χ1v) is 12.7. The fourth-order valence-corrected chi connectivity index (χ4v) is 4.60. The molecule has 3 rings (SSSR count). The van der Waals surface area contributed by atoms with Crippen LogP contribution in [0.1, 0.15) is 42.4 Å². The largest absolute Gasteiger partial charge is 0.419 e. The number of sulfone groups is 1. The average Bonchev–Trinajstić information content (AvgIpc) is 3.11. The van der Waals surface area contributed by atoms with E-state index in [1.165, 1.54) is 20.8 Å². The molecule has 0 unspecified atom stereocenters. The Labute approximate surface area is 203 Å². The first-order chi connectivity index (χ1) is 16.6. The summed E-state index contributed by atoms with van der Waals surface area (Å²) in [5.74, 6) is -4.70. The quantitative estimate of drug-likeness (QED) is 0.394. The SMILES string of the molecule is CCS(=O)(=O)CCN(C(=O)Cc1ccc(F)c(C(F)(F)F)c1)[C@H](C)c1nc2c(F)cc(F)cn2c1C. The molecule has 3 aromatic rings. The Morgan fingerprint density at radius 1 is 1.14 bits per heavy atom. The van der Waals surface area contributed by atoms with E-state index in [4.69, 9.17) is 0 Å². The molecule has 36 heavy (non-hydrogen) atoms. The van der Waals surface area contributed by atoms with Crippen LogP contribution in [0.3, 0.4) is 0 Å². The third-order valence-electron chi connectivity index (χ3n) is 5.88. The minimum Gasteiger partial charge on any atom is -0.333 e. The lowest BCUT2D eigenvalue weighted by Gasteiger charge is -2.29. The number of halogens is 6. The summed E-state index contributed by atoms with van der Waals surface area (Å²) in [7, 11) is -3.54. The molecule has 0 aliphatic heterocycles. The summed E-state index contributed by atoms with van der Waals surface area (Å²) in [5, 5.41) is 0. The number of imidazole rings is 1. The van der Waals surface area contributed by atoms with Crippen molar-refractivity contribution in [2.45, 2.75) is 39.4 Å². The average molecular weight is 536 g/mol. The van der Waals surface area contributed by atoms with Crippen molar-refractivity contribution in [1.82, 2.24) is 14.3 Å². The molecule has 0 spiro atoms. The van der Waals surface area contributed by atoms with E-state index >= 15 is 0 Å². The number of hydrogen-bond acceptors (Lipinski definition) is 4. The topological polar surface area (TPSA) is 71.8 Å². The Kier molecular flexibility index (Phi) is 7.72. The number of amides is 1. The molecule has 1 atom stereocenters. The lowest BCUT2D eigenvalue weighted by Crippen LogP contribution is -2.39. The zero-order valence-electron chi connectivity index (χ0n) is 19.5. The van der Waals surface area contributed by atoms with E-state index in [1.807, 2.05) is 0 Å². The smallest absolute Gasteiger partial charge is 0.333 e. The Bertz CT molecular complexity index is 1400. The molecule has 0 bridgehead atoms. The molecular formula is C23H23F6N3O3S. The second-order valence-electron chi connectivity index (χ2n) is 8.27. The van der Waals surface area contributed by atoms with Crippen LogP contribution in [0, 0.1) is 24.4 Å². The van der Waals surface area contributed by atoms with Gasteiger partial charge in [-0.2, -0.15) is 13.2 Å². The van der Waals surface area contributed by atoms with Gasteiger partial charge >= 0.3 is 6.18 Å². The molecule has 1 amide bonds. The van der Waals surface area contributed by atoms with Gasteiger partial charge in [-0.15, -0.1) is 0 Å². The van der Waals surface area contributed by atoms with Crippen LogP contribution in [0.25, 0.3) is 5.65 Å². The fourth-order valence-electron chi connectivity index (χ4n) is 3.84. The molecule has 6 nitrogen and oxygen atoms in total.